The molecular weight excluding hydrogens is 298 g/mol. The minimum Gasteiger partial charge on any atom is -0.376 e. The van der Waals surface area contributed by atoms with Crippen molar-refractivity contribution in [1.82, 2.24) is 0 Å². The van der Waals surface area contributed by atoms with Crippen LogP contribution >= 0.6 is 23.4 Å². The second-order valence-electron chi connectivity index (χ2n) is 4.73. The van der Waals surface area contributed by atoms with Crippen molar-refractivity contribution in [3.63, 3.8) is 0 Å². The van der Waals surface area contributed by atoms with Gasteiger partial charge in [-0.3, -0.25) is 4.79 Å². The van der Waals surface area contributed by atoms with E-state index in [-0.39, 0.29) is 5.91 Å². The molecule has 6 heteroatoms. The molecule has 0 spiro atoms. The molecule has 1 amide bonds. The fourth-order valence-electron chi connectivity index (χ4n) is 1.81. The van der Waals surface area contributed by atoms with E-state index in [1.165, 1.54) is 0 Å². The van der Waals surface area contributed by atoms with E-state index in [9.17, 15) is 4.79 Å². The van der Waals surface area contributed by atoms with Gasteiger partial charge in [-0.05, 0) is 18.2 Å². The Morgan fingerprint density at radius 1 is 1.45 bits per heavy atom. The van der Waals surface area contributed by atoms with Crippen molar-refractivity contribution in [2.45, 2.75) is 30.1 Å². The third kappa shape index (κ3) is 4.38. The summed E-state index contributed by atoms with van der Waals surface area (Å²) in [6, 6.07) is 5.50. The quantitative estimate of drug-likeness (QED) is 0.867. The Labute approximate surface area is 128 Å². The third-order valence-corrected chi connectivity index (χ3v) is 3.99. The van der Waals surface area contributed by atoms with Crippen LogP contribution in [0, 0.1) is 0 Å². The molecule has 0 radical (unpaired) electrons. The Balaban J connectivity index is 2.10. The predicted octanol–water partition coefficient (Wildman–Crippen LogP) is 3.19. The summed E-state index contributed by atoms with van der Waals surface area (Å²) in [5.41, 5.74) is 0.718. The number of ether oxygens (including phenoxy) is 2. The van der Waals surface area contributed by atoms with Gasteiger partial charge in [-0.2, -0.15) is 0 Å². The molecule has 1 aromatic rings. The zero-order valence-corrected chi connectivity index (χ0v) is 13.1. The maximum Gasteiger partial charge on any atom is 0.255 e. The zero-order valence-electron chi connectivity index (χ0n) is 11.5. The van der Waals surface area contributed by atoms with Crippen LogP contribution in [-0.4, -0.2) is 37.1 Å². The molecule has 1 saturated heterocycles. The van der Waals surface area contributed by atoms with Gasteiger partial charge in [0.2, 0.25) is 0 Å². The van der Waals surface area contributed by atoms with Gasteiger partial charge in [0, 0.05) is 15.2 Å². The fraction of sp³-hybridized carbons (Fsp3) is 0.500. The summed E-state index contributed by atoms with van der Waals surface area (Å²) in [5.74, 6) is -0.197. The molecule has 0 aromatic heterocycles. The SMILES string of the molecule is CC(C)Sc1ccc(Cl)cc1NC(=O)[C@H]1COCCO1. The minimum absolute atomic E-state index is 0.197. The summed E-state index contributed by atoms with van der Waals surface area (Å²) in [6.45, 7) is 5.47. The van der Waals surface area contributed by atoms with E-state index < -0.39 is 6.10 Å². The van der Waals surface area contributed by atoms with Gasteiger partial charge in [-0.15, -0.1) is 11.8 Å². The predicted molar refractivity (Wildman–Crippen MR) is 81.6 cm³/mol. The van der Waals surface area contributed by atoms with Crippen LogP contribution in [0.3, 0.4) is 0 Å². The summed E-state index contributed by atoms with van der Waals surface area (Å²) >= 11 is 7.68. The lowest BCUT2D eigenvalue weighted by atomic mass is 10.2. The normalized spacial score (nSPS) is 19.1. The van der Waals surface area contributed by atoms with Crippen LogP contribution in [-0.2, 0) is 14.3 Å². The smallest absolute Gasteiger partial charge is 0.255 e. The number of hydrogen-bond acceptors (Lipinski definition) is 4. The second kappa shape index (κ2) is 7.31. The maximum atomic E-state index is 12.1. The molecule has 0 saturated carbocycles. The highest BCUT2D eigenvalue weighted by Crippen LogP contribution is 2.32. The van der Waals surface area contributed by atoms with Crippen LogP contribution < -0.4 is 5.32 Å². The molecule has 4 nitrogen and oxygen atoms in total. The van der Waals surface area contributed by atoms with E-state index in [0.717, 1.165) is 10.6 Å². The highest BCUT2D eigenvalue weighted by molar-refractivity contribution is 8.00. The molecular formula is C14H18ClNO3S. The van der Waals surface area contributed by atoms with Crippen LogP contribution in [0.2, 0.25) is 5.02 Å². The fourth-order valence-corrected chi connectivity index (χ4v) is 2.87. The van der Waals surface area contributed by atoms with Gasteiger partial charge in [-0.1, -0.05) is 25.4 Å². The highest BCUT2D eigenvalue weighted by atomic mass is 35.5. The molecule has 1 aromatic carbocycles. The second-order valence-corrected chi connectivity index (χ2v) is 6.79. The van der Waals surface area contributed by atoms with E-state index >= 15 is 0 Å². The maximum absolute atomic E-state index is 12.1. The molecule has 1 N–H and O–H groups in total. The lowest BCUT2D eigenvalue weighted by molar-refractivity contribution is -0.142. The number of anilines is 1. The summed E-state index contributed by atoms with van der Waals surface area (Å²) in [7, 11) is 0. The number of carbonyl (C=O) groups excluding carboxylic acids is 1. The number of amides is 1. The van der Waals surface area contributed by atoms with Gasteiger partial charge in [0.1, 0.15) is 0 Å². The van der Waals surface area contributed by atoms with Crippen molar-refractivity contribution in [2.75, 3.05) is 25.1 Å². The number of thioether (sulfide) groups is 1. The third-order valence-electron chi connectivity index (χ3n) is 2.67. The molecule has 1 fully saturated rings. The molecule has 20 heavy (non-hydrogen) atoms. The van der Waals surface area contributed by atoms with E-state index in [1.54, 1.807) is 17.8 Å². The largest absolute Gasteiger partial charge is 0.376 e. The zero-order chi connectivity index (χ0) is 14.5. The molecule has 0 bridgehead atoms. The Kier molecular flexibility index (Phi) is 5.72. The van der Waals surface area contributed by atoms with Crippen molar-refractivity contribution >= 4 is 35.0 Å². The Bertz CT molecular complexity index is 475. The number of nitrogens with one attached hydrogen (secondary N) is 1. The van der Waals surface area contributed by atoms with E-state index in [4.69, 9.17) is 21.1 Å². The standard InChI is InChI=1S/C14H18ClNO3S/c1-9(2)20-13-4-3-10(15)7-11(13)16-14(17)12-8-18-5-6-19-12/h3-4,7,9,12H,5-6,8H2,1-2H3,(H,16,17)/t12-/m1/s1. The molecule has 0 unspecified atom stereocenters. The number of hydrogen-bond donors (Lipinski definition) is 1. The van der Waals surface area contributed by atoms with E-state index in [0.29, 0.717) is 30.1 Å². The Morgan fingerprint density at radius 3 is 2.90 bits per heavy atom. The molecule has 1 atom stereocenters. The first-order valence-corrected chi connectivity index (χ1v) is 7.78. The molecule has 1 aliphatic rings. The first-order chi connectivity index (χ1) is 9.56. The topological polar surface area (TPSA) is 47.6 Å². The van der Waals surface area contributed by atoms with Crippen LogP contribution in [0.15, 0.2) is 23.1 Å². The van der Waals surface area contributed by atoms with Crippen molar-refractivity contribution < 1.29 is 14.3 Å². The number of rotatable bonds is 4. The Hall–Kier alpha value is -0.750. The lowest BCUT2D eigenvalue weighted by Gasteiger charge is -2.22. The summed E-state index contributed by atoms with van der Waals surface area (Å²) in [5, 5.41) is 3.89. The average Bonchev–Trinajstić information content (AvgIpc) is 2.42. The van der Waals surface area contributed by atoms with Gasteiger partial charge >= 0.3 is 0 Å². The van der Waals surface area contributed by atoms with Gasteiger partial charge in [-0.25, -0.2) is 0 Å². The number of halogens is 1. The number of carbonyl (C=O) groups is 1. The van der Waals surface area contributed by atoms with Crippen molar-refractivity contribution in [3.8, 4) is 0 Å². The molecule has 110 valence electrons. The van der Waals surface area contributed by atoms with Crippen LogP contribution in [0.5, 0.6) is 0 Å². The monoisotopic (exact) mass is 315 g/mol. The van der Waals surface area contributed by atoms with Gasteiger partial charge in [0.25, 0.3) is 5.91 Å². The first-order valence-electron chi connectivity index (χ1n) is 6.52. The van der Waals surface area contributed by atoms with Gasteiger partial charge in [0.15, 0.2) is 6.10 Å². The van der Waals surface area contributed by atoms with Crippen LogP contribution in [0.1, 0.15) is 13.8 Å². The van der Waals surface area contributed by atoms with E-state index in [1.807, 2.05) is 12.1 Å². The van der Waals surface area contributed by atoms with Gasteiger partial charge < -0.3 is 14.8 Å². The summed E-state index contributed by atoms with van der Waals surface area (Å²) in [4.78, 5) is 13.1. The highest BCUT2D eigenvalue weighted by Gasteiger charge is 2.23. The molecule has 2 rings (SSSR count). The van der Waals surface area contributed by atoms with Crippen LogP contribution in [0.4, 0.5) is 5.69 Å². The lowest BCUT2D eigenvalue weighted by Crippen LogP contribution is -2.39. The van der Waals surface area contributed by atoms with Crippen molar-refractivity contribution in [3.05, 3.63) is 23.2 Å². The summed E-state index contributed by atoms with van der Waals surface area (Å²) in [6.07, 6.45) is -0.556. The first kappa shape index (κ1) is 15.6. The average molecular weight is 316 g/mol. The molecule has 0 aliphatic carbocycles. The van der Waals surface area contributed by atoms with Gasteiger partial charge in [0.05, 0.1) is 25.5 Å². The number of benzene rings is 1. The molecule has 1 aliphatic heterocycles. The summed E-state index contributed by atoms with van der Waals surface area (Å²) < 4.78 is 10.6. The molecule has 1 heterocycles. The van der Waals surface area contributed by atoms with Crippen molar-refractivity contribution in [1.29, 1.82) is 0 Å². The minimum atomic E-state index is -0.556. The van der Waals surface area contributed by atoms with Crippen molar-refractivity contribution in [2.24, 2.45) is 0 Å². The Morgan fingerprint density at radius 2 is 2.25 bits per heavy atom. The van der Waals surface area contributed by atoms with E-state index in [2.05, 4.69) is 19.2 Å². The van der Waals surface area contributed by atoms with Crippen LogP contribution in [0.25, 0.3) is 0 Å².